The number of halogens is 6. The minimum absolute atomic E-state index is 3.18. The second kappa shape index (κ2) is 2.01. The third kappa shape index (κ3) is 43.6. The van der Waals surface area contributed by atoms with E-state index < -0.39 is 0.665 Å². The van der Waals surface area contributed by atoms with Crippen molar-refractivity contribution >= 4 is 81.7 Å². The van der Waals surface area contributed by atoms with Gasteiger partial charge in [-0.2, -0.15) is 0 Å². The number of rotatable bonds is 0. The van der Waals surface area contributed by atoms with E-state index in [0.29, 0.717) is 0 Å². The van der Waals surface area contributed by atoms with Gasteiger partial charge in [-0.3, -0.25) is 0 Å². The summed E-state index contributed by atoms with van der Waals surface area (Å²) in [5, 5.41) is 0. The van der Waals surface area contributed by atoms with E-state index in [-0.39, 0.29) is 0 Å². The molecule has 0 rings (SSSR count). The van der Waals surface area contributed by atoms with E-state index in [4.69, 9.17) is 0 Å². The van der Waals surface area contributed by atoms with Gasteiger partial charge in [0.1, 0.15) is 0 Å². The molecule has 0 spiro atoms. The summed E-state index contributed by atoms with van der Waals surface area (Å²) in [6, 6.07) is 0. The van der Waals surface area contributed by atoms with Gasteiger partial charge in [0.05, 0.1) is 0 Å². The van der Waals surface area contributed by atoms with Gasteiger partial charge >= 0.3 is 82.4 Å². The van der Waals surface area contributed by atoms with Crippen LogP contribution in [0.4, 0.5) is 0 Å². The van der Waals surface area contributed by atoms with E-state index in [1.807, 2.05) is 0 Å². The molecular weight excluding hydrogens is 580 g/mol. The summed E-state index contributed by atoms with van der Waals surface area (Å²) < 4.78 is -3.18. The van der Waals surface area contributed by atoms with E-state index in [9.17, 15) is 0 Å². The molecule has 0 aromatic carbocycles. The molecule has 0 aliphatic heterocycles. The van der Waals surface area contributed by atoms with Crippen LogP contribution in [0.5, 0.6) is 0 Å². The van der Waals surface area contributed by atoms with Crippen molar-refractivity contribution in [2.45, 2.75) is 0 Å². The van der Waals surface area contributed by atoms with Crippen molar-refractivity contribution in [1.82, 2.24) is 0 Å². The van der Waals surface area contributed by atoms with E-state index >= 15 is 0 Å². The van der Waals surface area contributed by atoms with Crippen LogP contribution in [-0.4, -0.2) is 0 Å². The fourth-order valence-electron chi connectivity index (χ4n) is 0. The Balaban J connectivity index is 4.43. The Morgan fingerprint density at radius 1 is 0.571 bits per heavy atom. The maximum absolute atomic E-state index is 3.34. The molecule has 0 aromatic heterocycles. The summed E-state index contributed by atoms with van der Waals surface area (Å²) >= 11 is 20.1. The molecule has 0 heterocycles. The van der Waals surface area contributed by atoms with Gasteiger partial charge in [-0.05, 0) is 0 Å². The van der Waals surface area contributed by atoms with Crippen molar-refractivity contribution in [3.8, 4) is 0 Å². The molecule has 0 unspecified atom stereocenters. The summed E-state index contributed by atoms with van der Waals surface area (Å²) in [5.41, 5.74) is 0. The van der Waals surface area contributed by atoms with E-state index in [0.717, 1.165) is 0 Å². The van der Waals surface area contributed by atoms with Crippen molar-refractivity contribution in [2.75, 3.05) is 0 Å². The Kier molecular flexibility index (Phi) is 3.01. The second-order valence-electron chi connectivity index (χ2n) is 0.758. The number of hydrogen-bond donors (Lipinski definition) is 0. The summed E-state index contributed by atoms with van der Waals surface area (Å²) in [6.07, 6.45) is 0. The van der Waals surface area contributed by atoms with Gasteiger partial charge in [0.2, 0.25) is 0 Å². The summed E-state index contributed by atoms with van der Waals surface area (Å²) in [6.45, 7) is 0. The molecule has 0 amide bonds. The monoisotopic (exact) mass is 575 g/mol. The predicted octanol–water partition coefficient (Wildman–Crippen LogP) is 5.07. The van der Waals surface area contributed by atoms with Crippen LogP contribution >= 0.6 is 81.7 Å². The molecular formula is Br6Ru. The molecule has 0 fully saturated rings. The first kappa shape index (κ1) is 10.5. The Hall–Kier alpha value is 3.50. The van der Waals surface area contributed by atoms with Gasteiger partial charge < -0.3 is 0 Å². The Labute approximate surface area is 80.4 Å². The number of hydrogen-bond acceptors (Lipinski definition) is 0. The molecule has 7 heavy (non-hydrogen) atoms. The third-order valence-corrected chi connectivity index (χ3v) is 0. The predicted molar refractivity (Wildman–Crippen MR) is 53.6 cm³/mol. The Morgan fingerprint density at radius 3 is 0.571 bits per heavy atom. The van der Waals surface area contributed by atoms with Crippen LogP contribution in [0.25, 0.3) is 0 Å². The van der Waals surface area contributed by atoms with Crippen LogP contribution in [0.3, 0.4) is 0 Å². The summed E-state index contributed by atoms with van der Waals surface area (Å²) in [5.74, 6) is 0. The molecule has 0 N–H and O–H groups in total. The van der Waals surface area contributed by atoms with Crippen molar-refractivity contribution in [1.29, 1.82) is 0 Å². The molecule has 0 radical (unpaired) electrons. The summed E-state index contributed by atoms with van der Waals surface area (Å²) in [7, 11) is 0. The summed E-state index contributed by atoms with van der Waals surface area (Å²) in [4.78, 5) is 0. The molecule has 0 nitrogen and oxygen atoms in total. The van der Waals surface area contributed by atoms with Crippen molar-refractivity contribution < 1.29 is 0.665 Å². The van der Waals surface area contributed by atoms with Crippen LogP contribution in [0.15, 0.2) is 0 Å². The molecule has 0 saturated carbocycles. The molecule has 50 valence electrons. The maximum atomic E-state index is 3.34. The average Bonchev–Trinajstić information content (AvgIpc) is 0.592. The van der Waals surface area contributed by atoms with Gasteiger partial charge in [0.15, 0.2) is 0 Å². The van der Waals surface area contributed by atoms with Crippen LogP contribution in [-0.2, 0) is 0.665 Å². The first-order chi connectivity index (χ1) is 2.45. The van der Waals surface area contributed by atoms with Crippen LogP contribution in [0.1, 0.15) is 0 Å². The van der Waals surface area contributed by atoms with Crippen LogP contribution in [0, 0.1) is 0 Å². The fourth-order valence-corrected chi connectivity index (χ4v) is 0. The topological polar surface area (TPSA) is 0 Å². The normalized spacial score (nSPS) is 23.1. The zero-order chi connectivity index (χ0) is 6.41. The van der Waals surface area contributed by atoms with E-state index in [1.54, 1.807) is 0 Å². The third-order valence-electron chi connectivity index (χ3n) is 0. The first-order valence-electron chi connectivity index (χ1n) is 0.802. The molecule has 7 heteroatoms. The van der Waals surface area contributed by atoms with Crippen molar-refractivity contribution in [3.63, 3.8) is 0 Å². The van der Waals surface area contributed by atoms with Gasteiger partial charge in [-0.1, -0.05) is 0 Å². The molecule has 0 bridgehead atoms. The zero-order valence-electron chi connectivity index (χ0n) is 2.62. The first-order valence-corrected chi connectivity index (χ1v) is 24.6. The van der Waals surface area contributed by atoms with Gasteiger partial charge in [0.25, 0.3) is 0 Å². The quantitative estimate of drug-likeness (QED) is 0.351. The molecule has 0 aromatic rings. The SMILES string of the molecule is [Br][Ru]([Br])([Br])([Br])([Br])[Br]. The molecule has 0 saturated heterocycles. The molecule has 0 aliphatic carbocycles. The van der Waals surface area contributed by atoms with Gasteiger partial charge in [0, 0.05) is 0 Å². The van der Waals surface area contributed by atoms with Crippen LogP contribution < -0.4 is 0 Å². The fraction of sp³-hybridized carbons (Fsp3) is 0. The minimum atomic E-state index is -3.18. The van der Waals surface area contributed by atoms with Gasteiger partial charge in [-0.25, -0.2) is 0 Å². The second-order valence-corrected chi connectivity index (χ2v) is 121. The van der Waals surface area contributed by atoms with Crippen LogP contribution in [0.2, 0.25) is 0 Å². The molecule has 0 atom stereocenters. The van der Waals surface area contributed by atoms with Crippen molar-refractivity contribution in [2.24, 2.45) is 0 Å². The zero-order valence-corrected chi connectivity index (χ0v) is 13.9. The van der Waals surface area contributed by atoms with Crippen molar-refractivity contribution in [3.05, 3.63) is 0 Å². The Morgan fingerprint density at radius 2 is 0.571 bits per heavy atom. The van der Waals surface area contributed by atoms with E-state index in [1.165, 1.54) is 0 Å². The Bertz CT molecular complexity index is 62.7. The molecule has 0 aliphatic rings. The van der Waals surface area contributed by atoms with E-state index in [2.05, 4.69) is 81.7 Å². The average molecular weight is 580 g/mol. The standard InChI is InChI=1S/6BrH.Ru/h6*1H;/q;;;;;;+6/p-6. The van der Waals surface area contributed by atoms with Gasteiger partial charge in [-0.15, -0.1) is 0 Å².